The number of rotatable bonds is 1. The van der Waals surface area contributed by atoms with Crippen LogP contribution in [0.5, 0.6) is 0 Å². The molecule has 0 spiro atoms. The second-order valence-corrected chi connectivity index (χ2v) is 2.63. The van der Waals surface area contributed by atoms with Crippen molar-refractivity contribution in [3.05, 3.63) is 29.8 Å². The zero-order valence-corrected chi connectivity index (χ0v) is 6.32. The van der Waals surface area contributed by atoms with Gasteiger partial charge < -0.3 is 10.0 Å². The predicted octanol–water partition coefficient (Wildman–Crippen LogP) is -0.449. The third-order valence-electron chi connectivity index (χ3n) is 1.88. The monoisotopic (exact) mass is 159 g/mol. The fraction of sp³-hybridized carbons (Fsp3) is 0. The Morgan fingerprint density at radius 1 is 1.42 bits per heavy atom. The van der Waals surface area contributed by atoms with E-state index in [1.54, 1.807) is 6.07 Å². The van der Waals surface area contributed by atoms with Gasteiger partial charge in [-0.25, -0.2) is 4.79 Å². The van der Waals surface area contributed by atoms with E-state index in [-0.39, 0.29) is 5.71 Å². The number of nitrogens with zero attached hydrogens (tertiary/aromatic N) is 1. The van der Waals surface area contributed by atoms with E-state index in [2.05, 4.69) is 4.90 Å². The van der Waals surface area contributed by atoms with Crippen molar-refractivity contribution in [3.63, 3.8) is 0 Å². The summed E-state index contributed by atoms with van der Waals surface area (Å²) in [5.41, 5.74) is 1.94. The molecule has 1 N–H and O–H groups in total. The zero-order chi connectivity index (χ0) is 8.55. The number of carbonyl (C=O) groups is 1. The molecule has 0 atom stereocenters. The Kier molecular flexibility index (Phi) is 1.47. The van der Waals surface area contributed by atoms with Crippen LogP contribution in [-0.2, 0) is 4.79 Å². The Hall–Kier alpha value is -1.58. The van der Waals surface area contributed by atoms with E-state index in [4.69, 9.17) is 5.11 Å². The molecule has 0 aliphatic carbocycles. The summed E-state index contributed by atoms with van der Waals surface area (Å²) in [7, 11) is 0.498. The highest BCUT2D eigenvalue weighted by molar-refractivity contribution is 6.66. The van der Waals surface area contributed by atoms with Crippen LogP contribution in [0.1, 0.15) is 5.56 Å². The first-order chi connectivity index (χ1) is 5.79. The average molecular weight is 159 g/mol. The highest BCUT2D eigenvalue weighted by atomic mass is 16.4. The maximum absolute atomic E-state index is 10.6. The van der Waals surface area contributed by atoms with Crippen molar-refractivity contribution in [1.82, 2.24) is 0 Å². The second kappa shape index (κ2) is 2.48. The number of fused-ring (bicyclic) bond motifs is 1. The van der Waals surface area contributed by atoms with E-state index in [1.807, 2.05) is 18.2 Å². The lowest BCUT2D eigenvalue weighted by atomic mass is 9.84. The van der Waals surface area contributed by atoms with Crippen molar-refractivity contribution in [2.45, 2.75) is 0 Å². The molecule has 58 valence electrons. The van der Waals surface area contributed by atoms with E-state index in [0.29, 0.717) is 7.41 Å². The van der Waals surface area contributed by atoms with Crippen LogP contribution in [0.25, 0.3) is 0 Å². The molecule has 0 saturated carbocycles. The van der Waals surface area contributed by atoms with Crippen LogP contribution in [0.3, 0.4) is 0 Å². The number of hydrogen-bond acceptors (Lipinski definition) is 2. The first kappa shape index (κ1) is 7.09. The van der Waals surface area contributed by atoms with Gasteiger partial charge >= 0.3 is 5.97 Å². The fourth-order valence-corrected chi connectivity index (χ4v) is 1.32. The van der Waals surface area contributed by atoms with Gasteiger partial charge in [-0.15, -0.1) is 0 Å². The van der Waals surface area contributed by atoms with Crippen LogP contribution in [0, 0.1) is 0 Å². The van der Waals surface area contributed by atoms with Gasteiger partial charge in [-0.1, -0.05) is 24.3 Å². The molecule has 1 aromatic carbocycles. The summed E-state index contributed by atoms with van der Waals surface area (Å²) in [5, 5.41) is 8.73. The second-order valence-electron chi connectivity index (χ2n) is 2.63. The van der Waals surface area contributed by atoms with E-state index in [9.17, 15) is 4.79 Å². The van der Waals surface area contributed by atoms with Gasteiger partial charge in [0.1, 0.15) is 5.71 Å². The Morgan fingerprint density at radius 3 is 2.92 bits per heavy atom. The van der Waals surface area contributed by atoms with Gasteiger partial charge in [0.15, 0.2) is 0 Å². The molecule has 2 rings (SSSR count). The Labute approximate surface area is 70.0 Å². The van der Waals surface area contributed by atoms with Crippen LogP contribution in [-0.4, -0.2) is 24.2 Å². The highest BCUT2D eigenvalue weighted by Gasteiger charge is 2.20. The smallest absolute Gasteiger partial charge is 0.353 e. The topological polar surface area (TPSA) is 49.7 Å². The molecule has 0 fully saturated rings. The lowest BCUT2D eigenvalue weighted by molar-refractivity contribution is -0.129. The number of benzene rings is 1. The average Bonchev–Trinajstić information content (AvgIpc) is 2.47. The molecular weight excluding hydrogens is 153 g/mol. The molecule has 0 bridgehead atoms. The molecule has 1 aliphatic heterocycles. The van der Waals surface area contributed by atoms with Gasteiger partial charge in [0.25, 0.3) is 7.41 Å². The van der Waals surface area contributed by atoms with Crippen molar-refractivity contribution in [2.75, 3.05) is 0 Å². The summed E-state index contributed by atoms with van der Waals surface area (Å²) < 4.78 is 0. The van der Waals surface area contributed by atoms with Crippen LogP contribution >= 0.6 is 0 Å². The van der Waals surface area contributed by atoms with Gasteiger partial charge in [-0.05, 0) is 5.46 Å². The third-order valence-corrected chi connectivity index (χ3v) is 1.88. The molecule has 0 aromatic heterocycles. The number of carboxylic acids is 1. The normalized spacial score (nSPS) is 13.2. The quantitative estimate of drug-likeness (QED) is 0.564. The lowest BCUT2D eigenvalue weighted by Gasteiger charge is -1.97. The van der Waals surface area contributed by atoms with Crippen molar-refractivity contribution >= 4 is 24.6 Å². The molecule has 0 radical (unpaired) electrons. The van der Waals surface area contributed by atoms with Gasteiger partial charge in [0, 0.05) is 5.56 Å². The Bertz CT molecular complexity index is 373. The molecular formula is C8H6BNO2. The van der Waals surface area contributed by atoms with Crippen molar-refractivity contribution in [1.29, 1.82) is 0 Å². The SMILES string of the molecule is O=C(O)C1=NBc2ccccc21. The molecule has 0 saturated heterocycles. The number of aliphatic carboxylic acids is 1. The molecule has 1 heterocycles. The molecule has 1 aromatic rings. The number of hydrogen-bond donors (Lipinski definition) is 1. The van der Waals surface area contributed by atoms with Gasteiger partial charge in [-0.3, -0.25) is 0 Å². The maximum Gasteiger partial charge on any atom is 0.353 e. The Balaban J connectivity index is 2.52. The largest absolute Gasteiger partial charge is 0.477 e. The van der Waals surface area contributed by atoms with Crippen molar-refractivity contribution in [2.24, 2.45) is 4.90 Å². The van der Waals surface area contributed by atoms with Crippen LogP contribution in [0.15, 0.2) is 29.2 Å². The van der Waals surface area contributed by atoms with Crippen LogP contribution in [0.2, 0.25) is 0 Å². The summed E-state index contributed by atoms with van der Waals surface area (Å²) >= 11 is 0. The minimum absolute atomic E-state index is 0.186. The predicted molar refractivity (Wildman–Crippen MR) is 47.4 cm³/mol. The van der Waals surface area contributed by atoms with Gasteiger partial charge in [0.2, 0.25) is 0 Å². The molecule has 1 aliphatic rings. The summed E-state index contributed by atoms with van der Waals surface area (Å²) in [6, 6.07) is 7.39. The maximum atomic E-state index is 10.6. The lowest BCUT2D eigenvalue weighted by Crippen LogP contribution is -2.17. The van der Waals surface area contributed by atoms with E-state index < -0.39 is 5.97 Å². The summed E-state index contributed by atoms with van der Waals surface area (Å²) in [4.78, 5) is 14.6. The highest BCUT2D eigenvalue weighted by Crippen LogP contribution is 2.04. The summed E-state index contributed by atoms with van der Waals surface area (Å²) in [6.07, 6.45) is 0. The summed E-state index contributed by atoms with van der Waals surface area (Å²) in [6.45, 7) is 0. The molecule has 0 amide bonds. The first-order valence-electron chi connectivity index (χ1n) is 3.65. The minimum atomic E-state index is -0.944. The Morgan fingerprint density at radius 2 is 2.17 bits per heavy atom. The minimum Gasteiger partial charge on any atom is -0.477 e. The van der Waals surface area contributed by atoms with Crippen molar-refractivity contribution in [3.8, 4) is 0 Å². The molecule has 4 heteroatoms. The number of carboxylic acid groups (broad SMARTS) is 1. The van der Waals surface area contributed by atoms with E-state index in [1.165, 1.54) is 0 Å². The van der Waals surface area contributed by atoms with Gasteiger partial charge in [-0.2, -0.15) is 0 Å². The first-order valence-corrected chi connectivity index (χ1v) is 3.65. The van der Waals surface area contributed by atoms with E-state index in [0.717, 1.165) is 11.0 Å². The zero-order valence-electron chi connectivity index (χ0n) is 6.32. The standard InChI is InChI=1S/C8H6BNO2/c11-8(12)7-5-3-1-2-4-6(5)9-10-7/h1-4,9H,(H,11,12). The molecule has 0 unspecified atom stereocenters. The fourth-order valence-electron chi connectivity index (χ4n) is 1.32. The van der Waals surface area contributed by atoms with Gasteiger partial charge in [0.05, 0.1) is 0 Å². The molecule has 3 nitrogen and oxygen atoms in total. The van der Waals surface area contributed by atoms with E-state index >= 15 is 0 Å². The molecule has 12 heavy (non-hydrogen) atoms. The van der Waals surface area contributed by atoms with Crippen LogP contribution < -0.4 is 5.46 Å². The van der Waals surface area contributed by atoms with Crippen LogP contribution in [0.4, 0.5) is 0 Å². The summed E-state index contributed by atoms with van der Waals surface area (Å²) in [5.74, 6) is -0.944. The van der Waals surface area contributed by atoms with Crippen molar-refractivity contribution < 1.29 is 9.90 Å². The third kappa shape index (κ3) is 0.924.